The minimum atomic E-state index is -0.536. The Morgan fingerprint density at radius 3 is 2.24 bits per heavy atom. The number of hydrogen-bond acceptors (Lipinski definition) is 5. The lowest BCUT2D eigenvalue weighted by Crippen LogP contribution is -2.37. The van der Waals surface area contributed by atoms with Crippen LogP contribution in [0, 0.1) is 11.2 Å². The fourth-order valence-corrected chi connectivity index (χ4v) is 4.95. The van der Waals surface area contributed by atoms with Gasteiger partial charge in [-0.1, -0.05) is 0 Å². The van der Waals surface area contributed by atoms with Crippen molar-refractivity contribution in [2.75, 3.05) is 20.8 Å². The number of nitrogens with zero attached hydrogens (tertiary/aromatic N) is 3. The summed E-state index contributed by atoms with van der Waals surface area (Å²) in [4.78, 5) is 15.6. The molecule has 4 aromatic rings. The van der Waals surface area contributed by atoms with E-state index in [2.05, 4.69) is 0 Å². The number of rotatable bonds is 7. The van der Waals surface area contributed by atoms with Crippen LogP contribution >= 0.6 is 0 Å². The standard InChI is InChI=1S/C29H29FN4O4/c1-32-8-9-34(29(32)31)17-19-12-25(24-5-4-20(30)14-27(24)35)23-6-7-33(28(36)26(23)13-19)16-18-10-21(37-2)15-22(11-18)38-3/h4-5,8-15,31,35H,6-7,16-17H2,1-3H3. The van der Waals surface area contributed by atoms with E-state index in [-0.39, 0.29) is 11.7 Å². The van der Waals surface area contributed by atoms with Crippen LogP contribution in [-0.4, -0.2) is 45.8 Å². The van der Waals surface area contributed by atoms with Crippen molar-refractivity contribution in [3.63, 3.8) is 0 Å². The van der Waals surface area contributed by atoms with E-state index in [1.807, 2.05) is 24.3 Å². The first kappa shape index (κ1) is 25.1. The maximum Gasteiger partial charge on any atom is 0.254 e. The number of carbonyl (C=O) groups excluding carboxylic acids is 1. The second-order valence-electron chi connectivity index (χ2n) is 9.39. The molecule has 0 saturated carbocycles. The van der Waals surface area contributed by atoms with Gasteiger partial charge in [0.25, 0.3) is 5.91 Å². The first-order valence-electron chi connectivity index (χ1n) is 12.2. The summed E-state index contributed by atoms with van der Waals surface area (Å²) in [6, 6.07) is 13.2. The minimum Gasteiger partial charge on any atom is -0.507 e. The van der Waals surface area contributed by atoms with Crippen LogP contribution in [0.3, 0.4) is 0 Å². The molecule has 1 amide bonds. The number of imidazole rings is 1. The van der Waals surface area contributed by atoms with Crippen LogP contribution < -0.4 is 15.1 Å². The zero-order chi connectivity index (χ0) is 27.0. The smallest absolute Gasteiger partial charge is 0.254 e. The molecule has 0 bridgehead atoms. The molecule has 0 aliphatic carbocycles. The Bertz CT molecular complexity index is 1570. The number of aryl methyl sites for hydroxylation is 1. The van der Waals surface area contributed by atoms with E-state index in [0.29, 0.717) is 59.9 Å². The van der Waals surface area contributed by atoms with Gasteiger partial charge in [-0.15, -0.1) is 0 Å². The molecule has 0 radical (unpaired) electrons. The highest BCUT2D eigenvalue weighted by Crippen LogP contribution is 2.37. The zero-order valence-electron chi connectivity index (χ0n) is 21.5. The van der Waals surface area contributed by atoms with Crippen LogP contribution in [0.5, 0.6) is 17.2 Å². The molecular formula is C29H29FN4O4. The Morgan fingerprint density at radius 1 is 0.921 bits per heavy atom. The van der Waals surface area contributed by atoms with Gasteiger partial charge in [0.1, 0.15) is 23.1 Å². The van der Waals surface area contributed by atoms with E-state index in [1.54, 1.807) is 53.8 Å². The zero-order valence-corrected chi connectivity index (χ0v) is 21.5. The topological polar surface area (TPSA) is 92.7 Å². The van der Waals surface area contributed by atoms with Gasteiger partial charge >= 0.3 is 0 Å². The molecule has 0 fully saturated rings. The van der Waals surface area contributed by atoms with Gasteiger partial charge < -0.3 is 28.6 Å². The molecule has 1 aliphatic heterocycles. The minimum absolute atomic E-state index is 0.137. The largest absolute Gasteiger partial charge is 0.507 e. The van der Waals surface area contributed by atoms with E-state index >= 15 is 0 Å². The number of benzene rings is 3. The predicted octanol–water partition coefficient (Wildman–Crippen LogP) is 4.08. The van der Waals surface area contributed by atoms with Crippen molar-refractivity contribution in [2.24, 2.45) is 7.05 Å². The summed E-state index contributed by atoms with van der Waals surface area (Å²) in [7, 11) is 4.96. The third-order valence-corrected chi connectivity index (χ3v) is 6.92. The summed E-state index contributed by atoms with van der Waals surface area (Å²) >= 11 is 0. The van der Waals surface area contributed by atoms with Gasteiger partial charge in [0.15, 0.2) is 0 Å². The third kappa shape index (κ3) is 4.74. The van der Waals surface area contributed by atoms with E-state index in [9.17, 15) is 14.3 Å². The number of halogens is 1. The van der Waals surface area contributed by atoms with Crippen molar-refractivity contribution >= 4 is 5.91 Å². The Labute approximate surface area is 219 Å². The number of fused-ring (bicyclic) bond motifs is 1. The van der Waals surface area contributed by atoms with E-state index < -0.39 is 5.82 Å². The quantitative estimate of drug-likeness (QED) is 0.387. The number of phenolic OH excluding ortho intramolecular Hbond substituents is 1. The fraction of sp³-hybridized carbons (Fsp3) is 0.241. The third-order valence-electron chi connectivity index (χ3n) is 6.92. The van der Waals surface area contributed by atoms with Crippen molar-refractivity contribution in [1.29, 1.82) is 5.41 Å². The first-order valence-corrected chi connectivity index (χ1v) is 12.2. The molecule has 0 unspecified atom stereocenters. The van der Waals surface area contributed by atoms with Crippen molar-refractivity contribution in [2.45, 2.75) is 19.5 Å². The molecule has 196 valence electrons. The number of aromatic hydroxyl groups is 1. The summed E-state index contributed by atoms with van der Waals surface area (Å²) in [6.07, 6.45) is 4.17. The Hall–Kier alpha value is -4.53. The lowest BCUT2D eigenvalue weighted by atomic mass is 9.87. The lowest BCUT2D eigenvalue weighted by molar-refractivity contribution is 0.0726. The molecule has 0 spiro atoms. The highest BCUT2D eigenvalue weighted by Gasteiger charge is 2.28. The van der Waals surface area contributed by atoms with Gasteiger partial charge in [-0.2, -0.15) is 0 Å². The number of methoxy groups -OCH3 is 2. The molecule has 1 aromatic heterocycles. The monoisotopic (exact) mass is 516 g/mol. The highest BCUT2D eigenvalue weighted by atomic mass is 19.1. The number of phenols is 1. The van der Waals surface area contributed by atoms with E-state index in [0.717, 1.165) is 22.8 Å². The van der Waals surface area contributed by atoms with Gasteiger partial charge in [-0.3, -0.25) is 10.2 Å². The average molecular weight is 517 g/mol. The van der Waals surface area contributed by atoms with Gasteiger partial charge in [0, 0.05) is 55.8 Å². The second kappa shape index (κ2) is 10.1. The average Bonchev–Trinajstić information content (AvgIpc) is 3.22. The fourth-order valence-electron chi connectivity index (χ4n) is 4.95. The van der Waals surface area contributed by atoms with Gasteiger partial charge in [-0.25, -0.2) is 4.39 Å². The number of nitrogens with one attached hydrogen (secondary N) is 1. The van der Waals surface area contributed by atoms with Crippen LogP contribution in [-0.2, 0) is 26.6 Å². The van der Waals surface area contributed by atoms with Crippen molar-refractivity contribution < 1.29 is 23.8 Å². The summed E-state index contributed by atoms with van der Waals surface area (Å²) in [5.41, 5.74) is 4.49. The molecule has 3 aromatic carbocycles. The summed E-state index contributed by atoms with van der Waals surface area (Å²) in [5, 5.41) is 18.9. The maximum atomic E-state index is 13.8. The molecule has 9 heteroatoms. The summed E-state index contributed by atoms with van der Waals surface area (Å²) in [5.74, 6) is 0.433. The molecule has 8 nitrogen and oxygen atoms in total. The van der Waals surface area contributed by atoms with E-state index in [4.69, 9.17) is 14.9 Å². The molecule has 1 aliphatic rings. The van der Waals surface area contributed by atoms with Gasteiger partial charge in [-0.05, 0) is 65.1 Å². The van der Waals surface area contributed by atoms with Crippen molar-refractivity contribution in [1.82, 2.24) is 14.0 Å². The van der Waals surface area contributed by atoms with Crippen LogP contribution in [0.25, 0.3) is 11.1 Å². The lowest BCUT2D eigenvalue weighted by Gasteiger charge is -2.31. The Morgan fingerprint density at radius 2 is 1.61 bits per heavy atom. The molecule has 2 N–H and O–H groups in total. The number of aromatic nitrogens is 2. The molecule has 2 heterocycles. The predicted molar refractivity (Wildman–Crippen MR) is 140 cm³/mol. The normalized spacial score (nSPS) is 12.9. The second-order valence-corrected chi connectivity index (χ2v) is 9.39. The van der Waals surface area contributed by atoms with Crippen LogP contribution in [0.2, 0.25) is 0 Å². The summed E-state index contributed by atoms with van der Waals surface area (Å²) in [6.45, 7) is 1.21. The molecule has 38 heavy (non-hydrogen) atoms. The van der Waals surface area contributed by atoms with Crippen molar-refractivity contribution in [3.8, 4) is 28.4 Å². The number of carbonyl (C=O) groups is 1. The van der Waals surface area contributed by atoms with Gasteiger partial charge in [0.05, 0.1) is 20.8 Å². The maximum absolute atomic E-state index is 13.8. The van der Waals surface area contributed by atoms with E-state index in [1.165, 1.54) is 12.1 Å². The van der Waals surface area contributed by atoms with Crippen molar-refractivity contribution in [3.05, 3.63) is 94.6 Å². The number of amides is 1. The van der Waals surface area contributed by atoms with Gasteiger partial charge in [0.2, 0.25) is 5.62 Å². The SMILES string of the molecule is COc1cc(CN2CCc3c(cc(Cn4ccn(C)c4=N)cc3-c3ccc(F)cc3O)C2=O)cc(OC)c1. The van der Waals surface area contributed by atoms with Crippen LogP contribution in [0.1, 0.15) is 27.0 Å². The Balaban J connectivity index is 1.57. The number of ether oxygens (including phenoxy) is 2. The number of hydrogen-bond donors (Lipinski definition) is 2. The highest BCUT2D eigenvalue weighted by molar-refractivity contribution is 5.99. The molecular weight excluding hydrogens is 487 g/mol. The summed E-state index contributed by atoms with van der Waals surface area (Å²) < 4.78 is 28.0. The van der Waals surface area contributed by atoms with Crippen LogP contribution in [0.4, 0.5) is 4.39 Å². The van der Waals surface area contributed by atoms with Crippen LogP contribution in [0.15, 0.2) is 60.9 Å². The molecule has 0 atom stereocenters. The first-order chi connectivity index (χ1) is 18.3. The molecule has 0 saturated heterocycles. The molecule has 5 rings (SSSR count). The Kier molecular flexibility index (Phi) is 6.67.